The standard InChI is InChI=1S/C18H19F2NO4S/c1-11(6-12-7-13(19)9-14(20)8-12)18(22)21-16-10-26(23,24)25-17-5-3-2-4-15(16)17/h2-5,7-9,11,16,18,21-22H,6,10H2,1H3/t11-,16?,18+/m0/s1. The molecule has 1 aliphatic heterocycles. The van der Waals surface area contributed by atoms with Crippen molar-refractivity contribution >= 4 is 10.1 Å². The third-order valence-corrected chi connectivity index (χ3v) is 5.45. The first-order valence-corrected chi connectivity index (χ1v) is 9.71. The van der Waals surface area contributed by atoms with Crippen molar-refractivity contribution in [3.63, 3.8) is 0 Å². The molecule has 0 radical (unpaired) electrons. The first-order valence-electron chi connectivity index (χ1n) is 8.14. The van der Waals surface area contributed by atoms with Gasteiger partial charge in [0.15, 0.2) is 0 Å². The number of hydrogen-bond acceptors (Lipinski definition) is 5. The van der Waals surface area contributed by atoms with Crippen molar-refractivity contribution in [2.45, 2.75) is 25.6 Å². The van der Waals surface area contributed by atoms with Gasteiger partial charge in [0, 0.05) is 11.6 Å². The van der Waals surface area contributed by atoms with E-state index in [9.17, 15) is 22.3 Å². The van der Waals surface area contributed by atoms with Crippen molar-refractivity contribution in [2.75, 3.05) is 5.75 Å². The molecule has 8 heteroatoms. The van der Waals surface area contributed by atoms with Gasteiger partial charge in [0.05, 0.1) is 6.04 Å². The fraction of sp³-hybridized carbons (Fsp3) is 0.333. The van der Waals surface area contributed by atoms with Crippen LogP contribution in [0.1, 0.15) is 24.1 Å². The molecule has 1 unspecified atom stereocenters. The Labute approximate surface area is 150 Å². The molecule has 0 saturated carbocycles. The van der Waals surface area contributed by atoms with Crippen LogP contribution < -0.4 is 9.50 Å². The van der Waals surface area contributed by atoms with Gasteiger partial charge < -0.3 is 9.29 Å². The number of nitrogens with one attached hydrogen (secondary N) is 1. The number of para-hydroxylation sites is 1. The van der Waals surface area contributed by atoms with E-state index < -0.39 is 39.9 Å². The van der Waals surface area contributed by atoms with E-state index in [1.165, 1.54) is 12.1 Å². The molecule has 0 spiro atoms. The summed E-state index contributed by atoms with van der Waals surface area (Å²) in [6, 6.07) is 9.24. The molecule has 0 fully saturated rings. The molecule has 3 rings (SSSR count). The predicted octanol–water partition coefficient (Wildman–Crippen LogP) is 2.51. The van der Waals surface area contributed by atoms with Crippen LogP contribution in [0.4, 0.5) is 8.78 Å². The molecule has 0 aliphatic carbocycles. The highest BCUT2D eigenvalue weighted by molar-refractivity contribution is 7.87. The summed E-state index contributed by atoms with van der Waals surface area (Å²) in [6.07, 6.45) is -0.854. The van der Waals surface area contributed by atoms with E-state index in [4.69, 9.17) is 4.18 Å². The second kappa shape index (κ2) is 7.30. The van der Waals surface area contributed by atoms with Gasteiger partial charge in [0.1, 0.15) is 29.4 Å². The van der Waals surface area contributed by atoms with Crippen molar-refractivity contribution in [3.05, 3.63) is 65.2 Å². The molecule has 140 valence electrons. The lowest BCUT2D eigenvalue weighted by Gasteiger charge is -2.30. The van der Waals surface area contributed by atoms with Crippen molar-refractivity contribution < 1.29 is 26.5 Å². The molecule has 2 N–H and O–H groups in total. The molecule has 2 aromatic carbocycles. The van der Waals surface area contributed by atoms with Gasteiger partial charge in [-0.25, -0.2) is 8.78 Å². The first kappa shape index (κ1) is 18.8. The molecular weight excluding hydrogens is 364 g/mol. The van der Waals surface area contributed by atoms with Crippen LogP contribution in [0.2, 0.25) is 0 Å². The van der Waals surface area contributed by atoms with Gasteiger partial charge in [0.25, 0.3) is 0 Å². The van der Waals surface area contributed by atoms with E-state index in [-0.39, 0.29) is 17.9 Å². The van der Waals surface area contributed by atoms with Crippen molar-refractivity contribution in [2.24, 2.45) is 5.92 Å². The Morgan fingerprint density at radius 3 is 2.58 bits per heavy atom. The molecule has 1 aliphatic rings. The zero-order chi connectivity index (χ0) is 18.9. The Kier molecular flexibility index (Phi) is 5.27. The number of hydrogen-bond donors (Lipinski definition) is 2. The summed E-state index contributed by atoms with van der Waals surface area (Å²) in [5.74, 6) is -1.86. The van der Waals surface area contributed by atoms with Crippen LogP contribution in [-0.4, -0.2) is 25.5 Å². The molecule has 0 amide bonds. The first-order chi connectivity index (χ1) is 12.2. The largest absolute Gasteiger partial charge is 0.382 e. The lowest BCUT2D eigenvalue weighted by molar-refractivity contribution is 0.0716. The third kappa shape index (κ3) is 4.38. The van der Waals surface area contributed by atoms with E-state index in [0.717, 1.165) is 6.07 Å². The van der Waals surface area contributed by atoms with Crippen molar-refractivity contribution in [1.29, 1.82) is 0 Å². The van der Waals surface area contributed by atoms with Crippen LogP contribution >= 0.6 is 0 Å². The Balaban J connectivity index is 1.73. The molecule has 1 heterocycles. The Bertz CT molecular complexity index is 884. The Morgan fingerprint density at radius 1 is 1.23 bits per heavy atom. The number of rotatable bonds is 5. The molecular formula is C18H19F2NO4S. The second-order valence-electron chi connectivity index (χ2n) is 6.47. The van der Waals surface area contributed by atoms with Gasteiger partial charge in [-0.15, -0.1) is 0 Å². The minimum absolute atomic E-state index is 0.223. The maximum absolute atomic E-state index is 13.3. The summed E-state index contributed by atoms with van der Waals surface area (Å²) < 4.78 is 55.4. The summed E-state index contributed by atoms with van der Waals surface area (Å²) in [4.78, 5) is 0. The molecule has 5 nitrogen and oxygen atoms in total. The minimum atomic E-state index is -3.76. The summed E-state index contributed by atoms with van der Waals surface area (Å²) in [7, 11) is -3.76. The zero-order valence-corrected chi connectivity index (χ0v) is 14.8. The lowest BCUT2D eigenvalue weighted by Crippen LogP contribution is -2.43. The number of halogens is 2. The smallest absolute Gasteiger partial charge is 0.311 e. The van der Waals surface area contributed by atoms with E-state index >= 15 is 0 Å². The molecule has 0 saturated heterocycles. The summed E-state index contributed by atoms with van der Waals surface area (Å²) in [5.41, 5.74) is 1.04. The highest BCUT2D eigenvalue weighted by Crippen LogP contribution is 2.33. The molecule has 0 bridgehead atoms. The number of fused-ring (bicyclic) bond motifs is 1. The average Bonchev–Trinajstić information content (AvgIpc) is 2.52. The second-order valence-corrected chi connectivity index (χ2v) is 8.08. The van der Waals surface area contributed by atoms with Gasteiger partial charge in [0.2, 0.25) is 0 Å². The fourth-order valence-electron chi connectivity index (χ4n) is 3.03. The normalized spacial score (nSPS) is 20.7. The monoisotopic (exact) mass is 383 g/mol. The van der Waals surface area contributed by atoms with E-state index in [1.807, 2.05) is 0 Å². The van der Waals surface area contributed by atoms with E-state index in [2.05, 4.69) is 5.32 Å². The number of aliphatic hydroxyl groups is 1. The highest BCUT2D eigenvalue weighted by Gasteiger charge is 2.33. The van der Waals surface area contributed by atoms with Crippen LogP contribution in [0.25, 0.3) is 0 Å². The van der Waals surface area contributed by atoms with Crippen molar-refractivity contribution in [1.82, 2.24) is 5.32 Å². The summed E-state index contributed by atoms with van der Waals surface area (Å²) >= 11 is 0. The molecule has 0 aromatic heterocycles. The van der Waals surface area contributed by atoms with Gasteiger partial charge in [-0.1, -0.05) is 25.1 Å². The maximum Gasteiger partial charge on any atom is 0.311 e. The summed E-state index contributed by atoms with van der Waals surface area (Å²) in [5, 5.41) is 13.3. The van der Waals surface area contributed by atoms with Crippen LogP contribution in [0, 0.1) is 17.6 Å². The number of benzene rings is 2. The third-order valence-electron chi connectivity index (χ3n) is 4.27. The van der Waals surface area contributed by atoms with Crippen LogP contribution in [-0.2, 0) is 16.5 Å². The van der Waals surface area contributed by atoms with Crippen molar-refractivity contribution in [3.8, 4) is 5.75 Å². The molecule has 3 atom stereocenters. The number of aliphatic hydroxyl groups excluding tert-OH is 1. The van der Waals surface area contributed by atoms with Gasteiger partial charge in [-0.3, -0.25) is 5.32 Å². The van der Waals surface area contributed by atoms with E-state index in [0.29, 0.717) is 11.1 Å². The Morgan fingerprint density at radius 2 is 1.88 bits per heavy atom. The van der Waals surface area contributed by atoms with Crippen LogP contribution in [0.15, 0.2) is 42.5 Å². The SMILES string of the molecule is C[C@@H](Cc1cc(F)cc(F)c1)[C@@H](O)NC1CS(=O)(=O)Oc2ccccc21. The molecule has 2 aromatic rings. The van der Waals surface area contributed by atoms with Crippen LogP contribution in [0.3, 0.4) is 0 Å². The minimum Gasteiger partial charge on any atom is -0.382 e. The topological polar surface area (TPSA) is 75.6 Å². The summed E-state index contributed by atoms with van der Waals surface area (Å²) in [6.45, 7) is 1.71. The van der Waals surface area contributed by atoms with Gasteiger partial charge >= 0.3 is 10.1 Å². The molecule has 26 heavy (non-hydrogen) atoms. The van der Waals surface area contributed by atoms with Crippen LogP contribution in [0.5, 0.6) is 5.75 Å². The highest BCUT2D eigenvalue weighted by atomic mass is 32.2. The van der Waals surface area contributed by atoms with Gasteiger partial charge in [-0.05, 0) is 36.1 Å². The quantitative estimate of drug-likeness (QED) is 0.613. The zero-order valence-electron chi connectivity index (χ0n) is 14.0. The maximum atomic E-state index is 13.3. The lowest BCUT2D eigenvalue weighted by atomic mass is 9.98. The van der Waals surface area contributed by atoms with E-state index in [1.54, 1.807) is 31.2 Å². The fourth-order valence-corrected chi connectivity index (χ4v) is 4.21. The van der Waals surface area contributed by atoms with Gasteiger partial charge in [-0.2, -0.15) is 8.42 Å². The average molecular weight is 383 g/mol. The Hall–Kier alpha value is -2.03. The predicted molar refractivity (Wildman–Crippen MR) is 92.0 cm³/mol.